The molecule has 0 saturated carbocycles. The van der Waals surface area contributed by atoms with E-state index in [1.165, 1.54) is 12.1 Å². The van der Waals surface area contributed by atoms with Gasteiger partial charge in [-0.1, -0.05) is 0 Å². The minimum absolute atomic E-state index is 0.298. The second kappa shape index (κ2) is 4.23. The molecule has 0 unspecified atom stereocenters. The van der Waals surface area contributed by atoms with Crippen molar-refractivity contribution in [2.45, 2.75) is 0 Å². The summed E-state index contributed by atoms with van der Waals surface area (Å²) in [6.45, 7) is 0. The van der Waals surface area contributed by atoms with E-state index in [9.17, 15) is 4.39 Å². The van der Waals surface area contributed by atoms with Gasteiger partial charge in [0.05, 0.1) is 12.0 Å². The SMILES string of the molecule is Fc1ccc(-n2c(-c3ccco3)n[nH]c2=S)cc1. The Hall–Kier alpha value is -2.21. The lowest BCUT2D eigenvalue weighted by atomic mass is 10.3. The molecule has 0 saturated heterocycles. The first kappa shape index (κ1) is 10.9. The fourth-order valence-electron chi connectivity index (χ4n) is 1.70. The van der Waals surface area contributed by atoms with Crippen LogP contribution in [-0.2, 0) is 0 Å². The molecule has 2 heterocycles. The fraction of sp³-hybridized carbons (Fsp3) is 0. The Morgan fingerprint density at radius 3 is 2.67 bits per heavy atom. The molecule has 3 aromatic rings. The Balaban J connectivity index is 2.20. The Morgan fingerprint density at radius 1 is 1.22 bits per heavy atom. The van der Waals surface area contributed by atoms with Gasteiger partial charge in [0.15, 0.2) is 10.5 Å². The van der Waals surface area contributed by atoms with Crippen LogP contribution in [-0.4, -0.2) is 14.8 Å². The zero-order chi connectivity index (χ0) is 12.5. The molecule has 1 aromatic carbocycles. The maximum Gasteiger partial charge on any atom is 0.202 e. The number of hydrogen-bond acceptors (Lipinski definition) is 3. The molecule has 1 N–H and O–H groups in total. The number of hydrogen-bond donors (Lipinski definition) is 1. The predicted octanol–water partition coefficient (Wildman–Crippen LogP) is 3.33. The van der Waals surface area contributed by atoms with Gasteiger partial charge >= 0.3 is 0 Å². The number of nitrogens with zero attached hydrogens (tertiary/aromatic N) is 2. The summed E-state index contributed by atoms with van der Waals surface area (Å²) in [7, 11) is 0. The van der Waals surface area contributed by atoms with E-state index < -0.39 is 0 Å². The van der Waals surface area contributed by atoms with Crippen molar-refractivity contribution in [3.63, 3.8) is 0 Å². The average molecular weight is 261 g/mol. The molecule has 18 heavy (non-hydrogen) atoms. The fourth-order valence-corrected chi connectivity index (χ4v) is 1.94. The van der Waals surface area contributed by atoms with Gasteiger partial charge in [0, 0.05) is 0 Å². The third kappa shape index (κ3) is 1.76. The predicted molar refractivity (Wildman–Crippen MR) is 66.4 cm³/mol. The van der Waals surface area contributed by atoms with Crippen molar-refractivity contribution in [1.82, 2.24) is 14.8 Å². The summed E-state index contributed by atoms with van der Waals surface area (Å²) in [4.78, 5) is 0. The first-order chi connectivity index (χ1) is 8.75. The second-order valence-electron chi connectivity index (χ2n) is 3.64. The van der Waals surface area contributed by atoms with Crippen LogP contribution in [0.2, 0.25) is 0 Å². The summed E-state index contributed by atoms with van der Waals surface area (Å²) < 4.78 is 20.3. The molecule has 0 spiro atoms. The van der Waals surface area contributed by atoms with Gasteiger partial charge in [-0.25, -0.2) is 4.39 Å². The van der Waals surface area contributed by atoms with Crippen molar-refractivity contribution in [1.29, 1.82) is 0 Å². The van der Waals surface area contributed by atoms with E-state index in [-0.39, 0.29) is 5.82 Å². The van der Waals surface area contributed by atoms with Crippen molar-refractivity contribution in [3.05, 3.63) is 53.2 Å². The molecular weight excluding hydrogens is 253 g/mol. The van der Waals surface area contributed by atoms with Crippen LogP contribution in [0.1, 0.15) is 0 Å². The minimum atomic E-state index is -0.298. The number of halogens is 1. The van der Waals surface area contributed by atoms with E-state index in [0.29, 0.717) is 16.4 Å². The van der Waals surface area contributed by atoms with Gasteiger partial charge in [0.2, 0.25) is 5.82 Å². The number of furan rings is 1. The quantitative estimate of drug-likeness (QED) is 0.720. The number of nitrogens with one attached hydrogen (secondary N) is 1. The summed E-state index contributed by atoms with van der Waals surface area (Å²) in [6, 6.07) is 9.55. The first-order valence-corrected chi connectivity index (χ1v) is 5.64. The van der Waals surface area contributed by atoms with Gasteiger partial charge in [0.1, 0.15) is 5.82 Å². The molecule has 90 valence electrons. The highest BCUT2D eigenvalue weighted by Gasteiger charge is 2.12. The van der Waals surface area contributed by atoms with Crippen molar-refractivity contribution < 1.29 is 8.81 Å². The summed E-state index contributed by atoms with van der Waals surface area (Å²) in [5, 5.41) is 6.82. The van der Waals surface area contributed by atoms with E-state index in [1.807, 2.05) is 0 Å². The number of aromatic amines is 1. The van der Waals surface area contributed by atoms with Crippen LogP contribution < -0.4 is 0 Å². The van der Waals surface area contributed by atoms with Crippen molar-refractivity contribution in [2.24, 2.45) is 0 Å². The van der Waals surface area contributed by atoms with Crippen LogP contribution in [0.4, 0.5) is 4.39 Å². The standard InChI is InChI=1S/C12H8FN3OS/c13-8-3-5-9(6-4-8)16-11(14-15-12(16)18)10-2-1-7-17-10/h1-7H,(H,15,18). The number of aromatic nitrogens is 3. The Morgan fingerprint density at radius 2 is 2.00 bits per heavy atom. The maximum atomic E-state index is 12.9. The Bertz CT molecular complexity index is 713. The summed E-state index contributed by atoms with van der Waals surface area (Å²) in [6.07, 6.45) is 1.56. The molecule has 3 rings (SSSR count). The van der Waals surface area contributed by atoms with Gasteiger partial charge in [-0.2, -0.15) is 5.10 Å². The van der Waals surface area contributed by atoms with Gasteiger partial charge < -0.3 is 4.42 Å². The summed E-state index contributed by atoms with van der Waals surface area (Å²) in [5.41, 5.74) is 0.724. The lowest BCUT2D eigenvalue weighted by Crippen LogP contribution is -1.97. The maximum absolute atomic E-state index is 12.9. The monoisotopic (exact) mass is 261 g/mol. The van der Waals surface area contributed by atoms with E-state index in [2.05, 4.69) is 10.2 Å². The summed E-state index contributed by atoms with van der Waals surface area (Å²) in [5.74, 6) is 0.844. The van der Waals surface area contributed by atoms with Crippen LogP contribution in [0.15, 0.2) is 47.1 Å². The molecule has 0 aliphatic carbocycles. The van der Waals surface area contributed by atoms with E-state index >= 15 is 0 Å². The first-order valence-electron chi connectivity index (χ1n) is 5.23. The molecule has 0 fully saturated rings. The molecule has 4 nitrogen and oxygen atoms in total. The third-order valence-electron chi connectivity index (χ3n) is 2.50. The molecule has 0 atom stereocenters. The number of rotatable bonds is 2. The lowest BCUT2D eigenvalue weighted by molar-refractivity contribution is 0.575. The normalized spacial score (nSPS) is 10.7. The molecule has 0 aliphatic heterocycles. The van der Waals surface area contributed by atoms with Gasteiger partial charge in [-0.05, 0) is 48.6 Å². The molecule has 0 aliphatic rings. The van der Waals surface area contributed by atoms with E-state index in [0.717, 1.165) is 5.69 Å². The van der Waals surface area contributed by atoms with Crippen molar-refractivity contribution in [3.8, 4) is 17.3 Å². The van der Waals surface area contributed by atoms with Crippen LogP contribution in [0.5, 0.6) is 0 Å². The highest BCUT2D eigenvalue weighted by Crippen LogP contribution is 2.21. The van der Waals surface area contributed by atoms with Gasteiger partial charge in [-0.15, -0.1) is 0 Å². The Labute approximate surface area is 107 Å². The largest absolute Gasteiger partial charge is 0.461 e. The van der Waals surface area contributed by atoms with Crippen molar-refractivity contribution >= 4 is 12.2 Å². The molecule has 6 heteroatoms. The van der Waals surface area contributed by atoms with E-state index in [1.54, 1.807) is 35.1 Å². The minimum Gasteiger partial charge on any atom is -0.461 e. The van der Waals surface area contributed by atoms with Gasteiger partial charge in [-0.3, -0.25) is 9.67 Å². The number of benzene rings is 1. The highest BCUT2D eigenvalue weighted by molar-refractivity contribution is 7.71. The summed E-state index contributed by atoms with van der Waals surface area (Å²) >= 11 is 5.17. The van der Waals surface area contributed by atoms with Gasteiger partial charge in [0.25, 0.3) is 0 Å². The Kier molecular flexibility index (Phi) is 2.56. The van der Waals surface area contributed by atoms with Crippen LogP contribution in [0, 0.1) is 10.6 Å². The van der Waals surface area contributed by atoms with Crippen molar-refractivity contribution in [2.75, 3.05) is 0 Å². The molecule has 0 amide bonds. The van der Waals surface area contributed by atoms with Crippen LogP contribution in [0.25, 0.3) is 17.3 Å². The van der Waals surface area contributed by atoms with Crippen LogP contribution in [0.3, 0.4) is 0 Å². The van der Waals surface area contributed by atoms with Crippen LogP contribution >= 0.6 is 12.2 Å². The third-order valence-corrected chi connectivity index (χ3v) is 2.77. The topological polar surface area (TPSA) is 46.8 Å². The van der Waals surface area contributed by atoms with E-state index in [4.69, 9.17) is 16.6 Å². The molecular formula is C12H8FN3OS. The molecule has 2 aromatic heterocycles. The molecule has 0 radical (unpaired) electrons. The average Bonchev–Trinajstić information content (AvgIpc) is 2.99. The zero-order valence-corrected chi connectivity index (χ0v) is 9.95. The smallest absolute Gasteiger partial charge is 0.202 e. The number of H-pyrrole nitrogens is 1. The molecule has 0 bridgehead atoms. The lowest BCUT2D eigenvalue weighted by Gasteiger charge is -2.04. The zero-order valence-electron chi connectivity index (χ0n) is 9.13. The second-order valence-corrected chi connectivity index (χ2v) is 4.03. The highest BCUT2D eigenvalue weighted by atomic mass is 32.1.